The Bertz CT molecular complexity index is 248. The number of hydrogen-bond acceptors (Lipinski definition) is 2. The third kappa shape index (κ3) is 8.09. The van der Waals surface area contributed by atoms with Crippen LogP contribution in [0.15, 0.2) is 4.99 Å². The molecule has 2 N–H and O–H groups in total. The molecule has 1 unspecified atom stereocenters. The molecule has 0 aromatic rings. The molecular formula is C15H31N3O. The van der Waals surface area contributed by atoms with Gasteiger partial charge in [-0.2, -0.15) is 0 Å². The van der Waals surface area contributed by atoms with Gasteiger partial charge >= 0.3 is 0 Å². The summed E-state index contributed by atoms with van der Waals surface area (Å²) < 4.78 is 5.59. The van der Waals surface area contributed by atoms with Crippen molar-refractivity contribution < 1.29 is 4.74 Å². The summed E-state index contributed by atoms with van der Waals surface area (Å²) in [5, 5.41) is 6.69. The first kappa shape index (κ1) is 16.3. The van der Waals surface area contributed by atoms with Crippen LogP contribution >= 0.6 is 0 Å². The first-order valence-corrected chi connectivity index (χ1v) is 7.86. The minimum atomic E-state index is 0.330. The molecule has 1 saturated heterocycles. The minimum absolute atomic E-state index is 0.330. The lowest BCUT2D eigenvalue weighted by molar-refractivity contribution is 0.117. The van der Waals surface area contributed by atoms with E-state index in [1.165, 1.54) is 25.7 Å². The number of hydrogen-bond donors (Lipinski definition) is 2. The van der Waals surface area contributed by atoms with Crippen molar-refractivity contribution in [2.75, 3.05) is 26.2 Å². The first-order valence-electron chi connectivity index (χ1n) is 7.86. The van der Waals surface area contributed by atoms with Crippen molar-refractivity contribution in [3.8, 4) is 0 Å². The molecule has 0 saturated carbocycles. The van der Waals surface area contributed by atoms with Crippen LogP contribution in [0.1, 0.15) is 52.9 Å². The van der Waals surface area contributed by atoms with Crippen molar-refractivity contribution in [2.45, 2.75) is 59.0 Å². The van der Waals surface area contributed by atoms with E-state index in [-0.39, 0.29) is 0 Å². The molecule has 1 aliphatic heterocycles. The smallest absolute Gasteiger partial charge is 0.191 e. The van der Waals surface area contributed by atoms with Crippen LogP contribution in [0.2, 0.25) is 0 Å². The van der Waals surface area contributed by atoms with E-state index in [2.05, 4.69) is 36.4 Å². The fourth-order valence-electron chi connectivity index (χ4n) is 2.21. The lowest BCUT2D eigenvalue weighted by Crippen LogP contribution is -2.38. The van der Waals surface area contributed by atoms with Gasteiger partial charge in [0, 0.05) is 19.7 Å². The largest absolute Gasteiger partial charge is 0.376 e. The van der Waals surface area contributed by atoms with E-state index in [4.69, 9.17) is 4.74 Å². The number of nitrogens with one attached hydrogen (secondary N) is 2. The van der Waals surface area contributed by atoms with Gasteiger partial charge in [-0.1, -0.05) is 26.7 Å². The molecule has 1 heterocycles. The molecular weight excluding hydrogens is 238 g/mol. The van der Waals surface area contributed by atoms with Gasteiger partial charge in [-0.05, 0) is 32.1 Å². The van der Waals surface area contributed by atoms with E-state index >= 15 is 0 Å². The Morgan fingerprint density at radius 3 is 2.79 bits per heavy atom. The summed E-state index contributed by atoms with van der Waals surface area (Å²) in [5.41, 5.74) is 0. The molecule has 0 bridgehead atoms. The number of ether oxygens (including phenoxy) is 1. The molecule has 112 valence electrons. The molecule has 1 fully saturated rings. The van der Waals surface area contributed by atoms with Gasteiger partial charge in [0.2, 0.25) is 0 Å². The van der Waals surface area contributed by atoms with Gasteiger partial charge in [-0.3, -0.25) is 4.99 Å². The number of nitrogens with zero attached hydrogens (tertiary/aromatic N) is 1. The predicted molar refractivity (Wildman–Crippen MR) is 81.6 cm³/mol. The fraction of sp³-hybridized carbons (Fsp3) is 0.933. The van der Waals surface area contributed by atoms with Crippen LogP contribution in [-0.4, -0.2) is 38.3 Å². The van der Waals surface area contributed by atoms with Crippen LogP contribution in [0.3, 0.4) is 0 Å². The van der Waals surface area contributed by atoms with Gasteiger partial charge in [0.15, 0.2) is 5.96 Å². The summed E-state index contributed by atoms with van der Waals surface area (Å²) >= 11 is 0. The highest BCUT2D eigenvalue weighted by molar-refractivity contribution is 5.79. The average Bonchev–Trinajstić information content (AvgIpc) is 2.88. The summed E-state index contributed by atoms with van der Waals surface area (Å²) in [7, 11) is 0. The molecule has 4 nitrogen and oxygen atoms in total. The molecule has 4 heteroatoms. The summed E-state index contributed by atoms with van der Waals surface area (Å²) in [5.74, 6) is 1.74. The molecule has 0 spiro atoms. The third-order valence-corrected chi connectivity index (χ3v) is 3.32. The van der Waals surface area contributed by atoms with Crippen LogP contribution in [-0.2, 0) is 4.74 Å². The van der Waals surface area contributed by atoms with Crippen LogP contribution in [0, 0.1) is 5.92 Å². The maximum Gasteiger partial charge on any atom is 0.191 e. The zero-order chi connectivity index (χ0) is 13.9. The highest BCUT2D eigenvalue weighted by Gasteiger charge is 2.14. The van der Waals surface area contributed by atoms with Gasteiger partial charge in [0.05, 0.1) is 12.6 Å². The molecule has 0 radical (unpaired) electrons. The van der Waals surface area contributed by atoms with Crippen molar-refractivity contribution in [3.63, 3.8) is 0 Å². The molecule has 1 rings (SSSR count). The minimum Gasteiger partial charge on any atom is -0.376 e. The zero-order valence-corrected chi connectivity index (χ0v) is 12.9. The summed E-state index contributed by atoms with van der Waals surface area (Å²) in [6, 6.07) is 0. The lowest BCUT2D eigenvalue weighted by Gasteiger charge is -2.13. The summed E-state index contributed by atoms with van der Waals surface area (Å²) in [6.45, 7) is 10.2. The van der Waals surface area contributed by atoms with Gasteiger partial charge < -0.3 is 15.4 Å². The second kappa shape index (κ2) is 10.1. The number of guanidine groups is 1. The Kier molecular flexibility index (Phi) is 8.63. The van der Waals surface area contributed by atoms with E-state index in [9.17, 15) is 0 Å². The Hall–Kier alpha value is -0.770. The van der Waals surface area contributed by atoms with E-state index in [0.717, 1.165) is 44.5 Å². The van der Waals surface area contributed by atoms with Gasteiger partial charge in [0.25, 0.3) is 0 Å². The summed E-state index contributed by atoms with van der Waals surface area (Å²) in [4.78, 5) is 4.60. The molecule has 19 heavy (non-hydrogen) atoms. The quantitative estimate of drug-likeness (QED) is 0.404. The van der Waals surface area contributed by atoms with Crippen molar-refractivity contribution in [1.82, 2.24) is 10.6 Å². The van der Waals surface area contributed by atoms with E-state index in [0.29, 0.717) is 6.10 Å². The molecule has 0 amide bonds. The van der Waals surface area contributed by atoms with Crippen LogP contribution < -0.4 is 10.6 Å². The van der Waals surface area contributed by atoms with E-state index in [1.807, 2.05) is 0 Å². The van der Waals surface area contributed by atoms with Gasteiger partial charge in [-0.15, -0.1) is 0 Å². The van der Waals surface area contributed by atoms with Gasteiger partial charge in [0.1, 0.15) is 0 Å². The van der Waals surface area contributed by atoms with Crippen molar-refractivity contribution in [2.24, 2.45) is 10.9 Å². The first-order chi connectivity index (χ1) is 9.22. The highest BCUT2D eigenvalue weighted by atomic mass is 16.5. The van der Waals surface area contributed by atoms with E-state index in [1.54, 1.807) is 0 Å². The Morgan fingerprint density at radius 2 is 2.16 bits per heavy atom. The maximum absolute atomic E-state index is 5.59. The van der Waals surface area contributed by atoms with Crippen LogP contribution in [0.5, 0.6) is 0 Å². The number of aliphatic imine (C=N–C) groups is 1. The number of unbranched alkanes of at least 4 members (excludes halogenated alkanes) is 1. The van der Waals surface area contributed by atoms with Crippen molar-refractivity contribution in [1.29, 1.82) is 0 Å². The number of rotatable bonds is 8. The predicted octanol–water partition coefficient (Wildman–Crippen LogP) is 2.55. The van der Waals surface area contributed by atoms with Crippen molar-refractivity contribution >= 4 is 5.96 Å². The molecule has 0 aromatic heterocycles. The lowest BCUT2D eigenvalue weighted by atomic mass is 10.1. The SMILES string of the molecule is CCNC(=NCC1CCCO1)NCCCCC(C)C. The summed E-state index contributed by atoms with van der Waals surface area (Å²) in [6.07, 6.45) is 6.47. The second-order valence-corrected chi connectivity index (χ2v) is 5.67. The Balaban J connectivity index is 2.17. The fourth-order valence-corrected chi connectivity index (χ4v) is 2.21. The molecule has 1 atom stereocenters. The second-order valence-electron chi connectivity index (χ2n) is 5.67. The average molecular weight is 269 g/mol. The Morgan fingerprint density at radius 1 is 1.32 bits per heavy atom. The Labute approximate surface area is 118 Å². The molecule has 0 aromatic carbocycles. The normalized spacial score (nSPS) is 20.0. The van der Waals surface area contributed by atoms with E-state index < -0.39 is 0 Å². The topological polar surface area (TPSA) is 45.7 Å². The standard InChI is InChI=1S/C15H31N3O/c1-4-16-15(17-10-6-5-8-13(2)3)18-12-14-9-7-11-19-14/h13-14H,4-12H2,1-3H3,(H2,16,17,18). The maximum atomic E-state index is 5.59. The monoisotopic (exact) mass is 269 g/mol. The molecule has 1 aliphatic rings. The third-order valence-electron chi connectivity index (χ3n) is 3.32. The zero-order valence-electron chi connectivity index (χ0n) is 12.9. The highest BCUT2D eigenvalue weighted by Crippen LogP contribution is 2.11. The van der Waals surface area contributed by atoms with Crippen LogP contribution in [0.4, 0.5) is 0 Å². The molecule has 0 aliphatic carbocycles. The van der Waals surface area contributed by atoms with Crippen LogP contribution in [0.25, 0.3) is 0 Å². The van der Waals surface area contributed by atoms with Gasteiger partial charge in [-0.25, -0.2) is 0 Å². The van der Waals surface area contributed by atoms with Crippen molar-refractivity contribution in [3.05, 3.63) is 0 Å².